The number of hydrogen-bond acceptors (Lipinski definition) is 3. The van der Waals surface area contributed by atoms with Crippen molar-refractivity contribution in [1.29, 1.82) is 0 Å². The van der Waals surface area contributed by atoms with Gasteiger partial charge in [-0.2, -0.15) is 13.2 Å². The lowest BCUT2D eigenvalue weighted by molar-refractivity contribution is -0.138. The van der Waals surface area contributed by atoms with Crippen molar-refractivity contribution < 1.29 is 22.3 Å². The first-order valence-corrected chi connectivity index (χ1v) is 7.62. The van der Waals surface area contributed by atoms with E-state index in [1.807, 2.05) is 0 Å². The maximum absolute atomic E-state index is 13.1. The summed E-state index contributed by atoms with van der Waals surface area (Å²) >= 11 is 0. The van der Waals surface area contributed by atoms with Crippen LogP contribution in [0.3, 0.4) is 0 Å². The lowest BCUT2D eigenvalue weighted by Gasteiger charge is -2.16. The van der Waals surface area contributed by atoms with Crippen molar-refractivity contribution in [3.05, 3.63) is 59.0 Å². The summed E-state index contributed by atoms with van der Waals surface area (Å²) in [5.41, 5.74) is -0.232. The minimum absolute atomic E-state index is 0.0765. The Balaban J connectivity index is 2.01. The van der Waals surface area contributed by atoms with Gasteiger partial charge in [0.1, 0.15) is 5.82 Å². The molecule has 0 radical (unpaired) electrons. The summed E-state index contributed by atoms with van der Waals surface area (Å²) in [7, 11) is 3.00. The predicted octanol–water partition coefficient (Wildman–Crippen LogP) is 3.11. The van der Waals surface area contributed by atoms with Gasteiger partial charge in [0.25, 0.3) is 0 Å². The fourth-order valence-electron chi connectivity index (χ4n) is 2.22. The van der Waals surface area contributed by atoms with E-state index in [0.717, 1.165) is 17.7 Å². The van der Waals surface area contributed by atoms with Crippen molar-refractivity contribution >= 4 is 5.96 Å². The lowest BCUT2D eigenvalue weighted by atomic mass is 10.1. The van der Waals surface area contributed by atoms with Gasteiger partial charge in [-0.15, -0.1) is 0 Å². The van der Waals surface area contributed by atoms with Crippen LogP contribution in [0.1, 0.15) is 16.7 Å². The fraction of sp³-hybridized carbons (Fsp3) is 0.294. The van der Waals surface area contributed by atoms with Gasteiger partial charge in [0.05, 0.1) is 12.7 Å². The van der Waals surface area contributed by atoms with Gasteiger partial charge in [-0.1, -0.05) is 6.07 Å². The monoisotopic (exact) mass is 370 g/mol. The molecular formula is C17H18F4N4O. The average Bonchev–Trinajstić information content (AvgIpc) is 2.62. The molecule has 0 spiro atoms. The van der Waals surface area contributed by atoms with E-state index in [0.29, 0.717) is 24.5 Å². The molecule has 0 aliphatic carbocycles. The third kappa shape index (κ3) is 5.33. The number of rotatable bonds is 5. The number of pyridine rings is 1. The van der Waals surface area contributed by atoms with Gasteiger partial charge >= 0.3 is 6.18 Å². The third-order valence-electron chi connectivity index (χ3n) is 3.52. The quantitative estimate of drug-likeness (QED) is 0.482. The highest BCUT2D eigenvalue weighted by atomic mass is 19.4. The molecule has 0 unspecified atom stereocenters. The number of alkyl halides is 3. The summed E-state index contributed by atoms with van der Waals surface area (Å²) in [4.78, 5) is 7.95. The van der Waals surface area contributed by atoms with Crippen molar-refractivity contribution in [2.45, 2.75) is 19.3 Å². The molecule has 2 N–H and O–H groups in total. The Labute approximate surface area is 148 Å². The molecule has 1 heterocycles. The Kier molecular flexibility index (Phi) is 6.37. The Bertz CT molecular complexity index is 778. The van der Waals surface area contributed by atoms with Gasteiger partial charge in [0.2, 0.25) is 5.88 Å². The number of hydrogen-bond donors (Lipinski definition) is 2. The van der Waals surface area contributed by atoms with Crippen LogP contribution in [0, 0.1) is 5.82 Å². The fourth-order valence-corrected chi connectivity index (χ4v) is 2.22. The van der Waals surface area contributed by atoms with Crippen molar-refractivity contribution in [3.8, 4) is 5.88 Å². The number of nitrogens with one attached hydrogen (secondary N) is 2. The predicted molar refractivity (Wildman–Crippen MR) is 89.2 cm³/mol. The molecule has 0 amide bonds. The van der Waals surface area contributed by atoms with Crippen LogP contribution in [0.15, 0.2) is 41.5 Å². The number of ether oxygens (including phenoxy) is 1. The second kappa shape index (κ2) is 8.50. The lowest BCUT2D eigenvalue weighted by Crippen LogP contribution is -2.36. The van der Waals surface area contributed by atoms with Gasteiger partial charge < -0.3 is 15.4 Å². The van der Waals surface area contributed by atoms with Gasteiger partial charge in [-0.05, 0) is 29.3 Å². The molecule has 26 heavy (non-hydrogen) atoms. The van der Waals surface area contributed by atoms with Crippen LogP contribution in [0.25, 0.3) is 0 Å². The summed E-state index contributed by atoms with van der Waals surface area (Å²) in [5, 5.41) is 5.76. The topological polar surface area (TPSA) is 58.5 Å². The number of aliphatic imine (C=N–C) groups is 1. The molecule has 0 saturated carbocycles. The normalized spacial score (nSPS) is 12.0. The Morgan fingerprint density at radius 2 is 1.88 bits per heavy atom. The number of aromatic nitrogens is 1. The molecule has 5 nitrogen and oxygen atoms in total. The number of methoxy groups -OCH3 is 1. The van der Waals surface area contributed by atoms with E-state index in [1.54, 1.807) is 18.3 Å². The Morgan fingerprint density at radius 3 is 2.54 bits per heavy atom. The highest BCUT2D eigenvalue weighted by Gasteiger charge is 2.33. The smallest absolute Gasteiger partial charge is 0.416 e. The molecule has 0 atom stereocenters. The van der Waals surface area contributed by atoms with E-state index in [2.05, 4.69) is 20.6 Å². The molecule has 1 aromatic heterocycles. The number of halogens is 4. The second-order valence-corrected chi connectivity index (χ2v) is 5.29. The summed E-state index contributed by atoms with van der Waals surface area (Å²) < 4.78 is 57.2. The van der Waals surface area contributed by atoms with Crippen LogP contribution >= 0.6 is 0 Å². The standard InChI is InChI=1S/C17H18F4N4O/c1-22-16(24-9-11-5-6-23-15(7-11)26-2)25-10-12-3-4-13(18)8-14(12)17(19,20)21/h3-8H,9-10H2,1-2H3,(H2,22,24,25). The van der Waals surface area contributed by atoms with E-state index in [1.165, 1.54) is 14.2 Å². The number of guanidine groups is 1. The molecule has 0 aliphatic rings. The zero-order valence-corrected chi connectivity index (χ0v) is 14.2. The zero-order chi connectivity index (χ0) is 19.2. The highest BCUT2D eigenvalue weighted by Crippen LogP contribution is 2.32. The van der Waals surface area contributed by atoms with E-state index in [9.17, 15) is 17.6 Å². The largest absolute Gasteiger partial charge is 0.481 e. The average molecular weight is 370 g/mol. The van der Waals surface area contributed by atoms with Crippen molar-refractivity contribution in [2.75, 3.05) is 14.2 Å². The molecule has 9 heteroatoms. The maximum Gasteiger partial charge on any atom is 0.416 e. The van der Waals surface area contributed by atoms with Crippen LogP contribution in [-0.2, 0) is 19.3 Å². The SMILES string of the molecule is CN=C(NCc1ccnc(OC)c1)NCc1ccc(F)cc1C(F)(F)F. The maximum atomic E-state index is 13.1. The van der Waals surface area contributed by atoms with Crippen LogP contribution in [0.4, 0.5) is 17.6 Å². The summed E-state index contributed by atoms with van der Waals surface area (Å²) in [6.07, 6.45) is -3.05. The first-order valence-electron chi connectivity index (χ1n) is 7.62. The first kappa shape index (κ1) is 19.5. The van der Waals surface area contributed by atoms with E-state index in [-0.39, 0.29) is 12.1 Å². The molecule has 1 aromatic carbocycles. The van der Waals surface area contributed by atoms with Crippen LogP contribution < -0.4 is 15.4 Å². The molecular weight excluding hydrogens is 352 g/mol. The molecule has 0 bridgehead atoms. The minimum Gasteiger partial charge on any atom is -0.481 e. The number of nitrogens with zero attached hydrogens (tertiary/aromatic N) is 2. The van der Waals surface area contributed by atoms with Crippen molar-refractivity contribution in [3.63, 3.8) is 0 Å². The van der Waals surface area contributed by atoms with Gasteiger partial charge in [0, 0.05) is 32.4 Å². The second-order valence-electron chi connectivity index (χ2n) is 5.29. The van der Waals surface area contributed by atoms with E-state index < -0.39 is 17.6 Å². The molecule has 2 aromatic rings. The van der Waals surface area contributed by atoms with E-state index in [4.69, 9.17) is 4.74 Å². The van der Waals surface area contributed by atoms with E-state index >= 15 is 0 Å². The van der Waals surface area contributed by atoms with Crippen molar-refractivity contribution in [2.24, 2.45) is 4.99 Å². The van der Waals surface area contributed by atoms with Gasteiger partial charge in [0.15, 0.2) is 5.96 Å². The Hall–Kier alpha value is -2.84. The van der Waals surface area contributed by atoms with Crippen molar-refractivity contribution in [1.82, 2.24) is 15.6 Å². The Morgan fingerprint density at radius 1 is 1.15 bits per heavy atom. The first-order chi connectivity index (χ1) is 12.3. The van der Waals surface area contributed by atoms with Gasteiger partial charge in [-0.25, -0.2) is 9.37 Å². The van der Waals surface area contributed by atoms with Crippen LogP contribution in [0.2, 0.25) is 0 Å². The summed E-state index contributed by atoms with van der Waals surface area (Å²) in [6.45, 7) is 0.211. The molecule has 0 fully saturated rings. The number of benzene rings is 1. The van der Waals surface area contributed by atoms with Crippen LogP contribution in [-0.4, -0.2) is 25.1 Å². The zero-order valence-electron chi connectivity index (χ0n) is 14.2. The summed E-state index contributed by atoms with van der Waals surface area (Å²) in [5.74, 6) is -0.179. The third-order valence-corrected chi connectivity index (χ3v) is 3.52. The molecule has 0 aliphatic heterocycles. The highest BCUT2D eigenvalue weighted by molar-refractivity contribution is 5.79. The molecule has 2 rings (SSSR count). The summed E-state index contributed by atoms with van der Waals surface area (Å²) in [6, 6.07) is 6.07. The van der Waals surface area contributed by atoms with Crippen LogP contribution in [0.5, 0.6) is 5.88 Å². The molecule has 140 valence electrons. The minimum atomic E-state index is -4.64. The molecule has 0 saturated heterocycles. The van der Waals surface area contributed by atoms with Gasteiger partial charge in [-0.3, -0.25) is 4.99 Å².